The largest absolute Gasteiger partial charge is 0.389 e. The summed E-state index contributed by atoms with van der Waals surface area (Å²) in [5.74, 6) is -0.788. The molecule has 1 unspecified atom stereocenters. The van der Waals surface area contributed by atoms with Gasteiger partial charge in [0.25, 0.3) is 11.8 Å². The van der Waals surface area contributed by atoms with Crippen molar-refractivity contribution in [2.24, 2.45) is 10.7 Å². The summed E-state index contributed by atoms with van der Waals surface area (Å²) < 4.78 is 0. The summed E-state index contributed by atoms with van der Waals surface area (Å²) in [6.07, 6.45) is 4.69. The maximum atomic E-state index is 12.5. The number of hydrogen-bond donors (Lipinski definition) is 3. The Balaban J connectivity index is 2.36. The number of nitrogens with one attached hydrogen (secondary N) is 1. The molecule has 0 spiro atoms. The first-order valence-corrected chi connectivity index (χ1v) is 7.83. The Kier molecular flexibility index (Phi) is 5.71. The van der Waals surface area contributed by atoms with Gasteiger partial charge in [-0.3, -0.25) is 9.59 Å². The van der Waals surface area contributed by atoms with E-state index in [1.807, 2.05) is 24.2 Å². The lowest BCUT2D eigenvalue weighted by Gasteiger charge is -2.19. The van der Waals surface area contributed by atoms with Crippen LogP contribution in [0.15, 0.2) is 47.1 Å². The summed E-state index contributed by atoms with van der Waals surface area (Å²) in [5.41, 5.74) is 7.60. The van der Waals surface area contributed by atoms with Gasteiger partial charge in [-0.2, -0.15) is 4.99 Å². The number of aliphatic imine (C=N–C) groups is 1. The highest BCUT2D eigenvalue weighted by Gasteiger charge is 2.16. The van der Waals surface area contributed by atoms with Gasteiger partial charge >= 0.3 is 0 Å². The molecule has 0 fully saturated rings. The number of rotatable bonds is 4. The van der Waals surface area contributed by atoms with Gasteiger partial charge in [0.05, 0.1) is 6.10 Å². The maximum absolute atomic E-state index is 12.5. The van der Waals surface area contributed by atoms with E-state index >= 15 is 0 Å². The van der Waals surface area contributed by atoms with Crippen molar-refractivity contribution in [2.75, 3.05) is 20.6 Å². The summed E-state index contributed by atoms with van der Waals surface area (Å²) >= 11 is 0. The number of hydrogen-bond acceptors (Lipinski definition) is 4. The molecular weight excluding hydrogens is 320 g/mol. The normalized spacial score (nSPS) is 15.6. The molecule has 0 radical (unpaired) electrons. The van der Waals surface area contributed by atoms with Crippen molar-refractivity contribution in [3.63, 3.8) is 0 Å². The molecule has 1 aliphatic rings. The molecule has 0 aliphatic carbocycles. The number of carbonyl (C=O) groups excluding carboxylic acids is 2. The number of amides is 2. The van der Waals surface area contributed by atoms with Gasteiger partial charge in [0.2, 0.25) is 0 Å². The molecular formula is C18H22N4O3. The van der Waals surface area contributed by atoms with Crippen LogP contribution in [0.3, 0.4) is 0 Å². The number of allylic oxidation sites excluding steroid dienone is 2. The van der Waals surface area contributed by atoms with Gasteiger partial charge < -0.3 is 21.1 Å². The van der Waals surface area contributed by atoms with Crippen molar-refractivity contribution in [2.45, 2.75) is 13.0 Å². The van der Waals surface area contributed by atoms with Gasteiger partial charge in [-0.25, -0.2) is 0 Å². The average molecular weight is 342 g/mol. The molecule has 1 aromatic carbocycles. The lowest BCUT2D eigenvalue weighted by molar-refractivity contribution is 0.0963. The first kappa shape index (κ1) is 18.4. The summed E-state index contributed by atoms with van der Waals surface area (Å²) in [7, 11) is 3.38. The molecule has 25 heavy (non-hydrogen) atoms. The molecule has 132 valence electrons. The Labute approximate surface area is 146 Å². The second-order valence-corrected chi connectivity index (χ2v) is 5.85. The lowest BCUT2D eigenvalue weighted by atomic mass is 10.0. The van der Waals surface area contributed by atoms with Crippen LogP contribution in [-0.2, 0) is 0 Å². The van der Waals surface area contributed by atoms with Crippen LogP contribution in [0.1, 0.15) is 39.3 Å². The molecule has 2 rings (SSSR count). The number of nitrogens with two attached hydrogens (primary N) is 1. The van der Waals surface area contributed by atoms with Crippen LogP contribution in [0.4, 0.5) is 0 Å². The maximum Gasteiger partial charge on any atom is 0.278 e. The van der Waals surface area contributed by atoms with E-state index in [0.717, 1.165) is 5.57 Å². The number of nitrogens with zero attached hydrogens (tertiary/aromatic N) is 2. The number of carbonyl (C=O) groups is 2. The predicted octanol–water partition coefficient (Wildman–Crippen LogP) is 0.982. The topological polar surface area (TPSA) is 108 Å². The monoisotopic (exact) mass is 342 g/mol. The fourth-order valence-electron chi connectivity index (χ4n) is 2.38. The highest BCUT2D eigenvalue weighted by molar-refractivity contribution is 6.09. The van der Waals surface area contributed by atoms with Gasteiger partial charge in [-0.1, -0.05) is 6.08 Å². The minimum Gasteiger partial charge on any atom is -0.389 e. The van der Waals surface area contributed by atoms with E-state index in [9.17, 15) is 14.7 Å². The Hall–Kier alpha value is -2.93. The van der Waals surface area contributed by atoms with E-state index in [1.165, 1.54) is 25.2 Å². The molecule has 4 N–H and O–H groups in total. The van der Waals surface area contributed by atoms with Crippen molar-refractivity contribution in [1.29, 1.82) is 0 Å². The van der Waals surface area contributed by atoms with Crippen LogP contribution in [0.5, 0.6) is 0 Å². The van der Waals surface area contributed by atoms with Crippen molar-refractivity contribution in [1.82, 2.24) is 10.2 Å². The third-order valence-corrected chi connectivity index (χ3v) is 3.78. The minimum atomic E-state index is -0.822. The smallest absolute Gasteiger partial charge is 0.278 e. The zero-order valence-corrected chi connectivity index (χ0v) is 14.5. The van der Waals surface area contributed by atoms with Gasteiger partial charge in [0, 0.05) is 37.3 Å². The molecule has 7 heteroatoms. The third kappa shape index (κ3) is 4.54. The summed E-state index contributed by atoms with van der Waals surface area (Å²) in [5, 5.41) is 12.3. The molecule has 0 aromatic heterocycles. The van der Waals surface area contributed by atoms with Crippen LogP contribution in [0.2, 0.25) is 0 Å². The van der Waals surface area contributed by atoms with E-state index in [1.54, 1.807) is 13.0 Å². The molecule has 1 aromatic rings. The highest BCUT2D eigenvalue weighted by Crippen LogP contribution is 2.18. The zero-order valence-electron chi connectivity index (χ0n) is 14.5. The first-order chi connectivity index (χ1) is 11.8. The van der Waals surface area contributed by atoms with Gasteiger partial charge in [0.15, 0.2) is 0 Å². The predicted molar refractivity (Wildman–Crippen MR) is 96.3 cm³/mol. The van der Waals surface area contributed by atoms with E-state index in [0.29, 0.717) is 12.1 Å². The van der Waals surface area contributed by atoms with Crippen LogP contribution >= 0.6 is 0 Å². The molecule has 1 atom stereocenters. The second kappa shape index (κ2) is 7.76. The van der Waals surface area contributed by atoms with Crippen molar-refractivity contribution >= 4 is 17.6 Å². The Morgan fingerprint density at radius 1 is 1.32 bits per heavy atom. The number of likely N-dealkylation sites (N-methyl/N-ethyl adjacent to an activating group) is 1. The number of benzene rings is 1. The number of aliphatic hydroxyl groups is 1. The summed E-state index contributed by atoms with van der Waals surface area (Å²) in [4.78, 5) is 30.2. The standard InChI is InChI=1S/C18H22N4O3/c1-11(23)13-7-14(17(24)20-2)9-15(8-13)18(25)21-16(19)12-5-4-6-22(3)10-12/h4-9,11,23H,10H2,1-3H3,(H,20,24)(H2,19,21,25). The zero-order chi connectivity index (χ0) is 18.6. The molecule has 0 saturated heterocycles. The molecule has 2 amide bonds. The summed E-state index contributed by atoms with van der Waals surface area (Å²) in [6.45, 7) is 2.11. The molecule has 1 heterocycles. The van der Waals surface area contributed by atoms with E-state index < -0.39 is 12.0 Å². The lowest BCUT2D eigenvalue weighted by Crippen LogP contribution is -2.27. The second-order valence-electron chi connectivity index (χ2n) is 5.85. The fourth-order valence-corrected chi connectivity index (χ4v) is 2.38. The van der Waals surface area contributed by atoms with Crippen molar-refractivity contribution in [3.8, 4) is 0 Å². The van der Waals surface area contributed by atoms with Gasteiger partial charge in [-0.15, -0.1) is 0 Å². The van der Waals surface area contributed by atoms with Crippen LogP contribution < -0.4 is 11.1 Å². The van der Waals surface area contributed by atoms with Crippen LogP contribution in [0.25, 0.3) is 0 Å². The molecule has 0 saturated carbocycles. The van der Waals surface area contributed by atoms with E-state index in [2.05, 4.69) is 10.3 Å². The highest BCUT2D eigenvalue weighted by atomic mass is 16.3. The SMILES string of the molecule is CNC(=O)c1cc(C(=O)N=C(N)C2=CC=CN(C)C2)cc(C(C)O)c1. The number of aliphatic hydroxyl groups excluding tert-OH is 1. The Morgan fingerprint density at radius 3 is 2.60 bits per heavy atom. The third-order valence-electron chi connectivity index (χ3n) is 3.78. The molecule has 0 bridgehead atoms. The van der Waals surface area contributed by atoms with Crippen molar-refractivity contribution in [3.05, 3.63) is 58.8 Å². The van der Waals surface area contributed by atoms with E-state index in [-0.39, 0.29) is 22.9 Å². The van der Waals surface area contributed by atoms with Gasteiger partial charge in [-0.05, 0) is 43.0 Å². The van der Waals surface area contributed by atoms with Crippen LogP contribution in [0, 0.1) is 0 Å². The molecule has 1 aliphatic heterocycles. The van der Waals surface area contributed by atoms with Crippen LogP contribution in [-0.4, -0.2) is 48.3 Å². The van der Waals surface area contributed by atoms with Gasteiger partial charge in [0.1, 0.15) is 5.84 Å². The average Bonchev–Trinajstić information content (AvgIpc) is 2.60. The Morgan fingerprint density at radius 2 is 2.00 bits per heavy atom. The number of amidine groups is 1. The van der Waals surface area contributed by atoms with E-state index in [4.69, 9.17) is 5.73 Å². The fraction of sp³-hybridized carbons (Fsp3) is 0.278. The van der Waals surface area contributed by atoms with Crippen molar-refractivity contribution < 1.29 is 14.7 Å². The summed E-state index contributed by atoms with van der Waals surface area (Å²) in [6, 6.07) is 4.49. The quantitative estimate of drug-likeness (QED) is 0.558. The molecule has 7 nitrogen and oxygen atoms in total. The minimum absolute atomic E-state index is 0.130. The Bertz CT molecular complexity index is 779. The first-order valence-electron chi connectivity index (χ1n) is 7.83.